The van der Waals surface area contributed by atoms with Crippen LogP contribution in [0.3, 0.4) is 0 Å². The smallest absolute Gasteiger partial charge is 0.456 e. The van der Waals surface area contributed by atoms with Crippen LogP contribution in [0.5, 0.6) is 5.88 Å². The lowest BCUT2D eigenvalue weighted by Gasteiger charge is -2.19. The second kappa shape index (κ2) is 4.89. The summed E-state index contributed by atoms with van der Waals surface area (Å²) in [6.07, 6.45) is -4.82. The second-order valence-corrected chi connectivity index (χ2v) is 3.93. The normalized spacial score (nSPS) is 12.6. The fourth-order valence-corrected chi connectivity index (χ4v) is 1.12. The zero-order valence-electron chi connectivity index (χ0n) is 7.73. The Kier molecular flexibility index (Phi) is 4.13. The molecule has 0 radical (unpaired) electrons. The highest BCUT2D eigenvalue weighted by Crippen LogP contribution is 2.36. The zero-order valence-corrected chi connectivity index (χ0v) is 10.1. The van der Waals surface area contributed by atoms with Gasteiger partial charge in [0.2, 0.25) is 5.88 Å². The van der Waals surface area contributed by atoms with Crippen LogP contribution >= 0.6 is 27.5 Å². The Morgan fingerprint density at radius 1 is 1.24 bits per heavy atom. The molecule has 0 aliphatic carbocycles. The maximum atomic E-state index is 12.5. The molecule has 0 aliphatic rings. The van der Waals surface area contributed by atoms with Crippen molar-refractivity contribution in [2.75, 3.05) is 6.61 Å². The number of hydrogen-bond acceptors (Lipinski definition) is 3. The van der Waals surface area contributed by atoms with Crippen molar-refractivity contribution in [3.05, 3.63) is 16.0 Å². The summed E-state index contributed by atoms with van der Waals surface area (Å²) in [6, 6.07) is 0. The van der Waals surface area contributed by atoms with Crippen LogP contribution in [0.2, 0.25) is 5.15 Å². The quantitative estimate of drug-likeness (QED) is 0.624. The predicted molar refractivity (Wildman–Crippen MR) is 51.2 cm³/mol. The van der Waals surface area contributed by atoms with Crippen LogP contribution in [-0.2, 0) is 0 Å². The molecule has 1 aromatic heterocycles. The highest BCUT2D eigenvalue weighted by atomic mass is 79.9. The monoisotopic (exact) mass is 340 g/mol. The van der Waals surface area contributed by atoms with Gasteiger partial charge in [0.05, 0.1) is 0 Å². The molecule has 3 nitrogen and oxygen atoms in total. The molecule has 0 saturated carbocycles. The standard InChI is InChI=1S/C7H3BrClF5N2O/c8-3-4(9)15-2-16-5(3)17-1-6(10,11)7(12,13)14/h2H,1H2. The van der Waals surface area contributed by atoms with Crippen LogP contribution in [0.25, 0.3) is 0 Å². The summed E-state index contributed by atoms with van der Waals surface area (Å²) in [7, 11) is 0. The van der Waals surface area contributed by atoms with E-state index in [1.165, 1.54) is 0 Å². The SMILES string of the molecule is FC(F)(F)C(F)(F)COc1ncnc(Cl)c1Br. The number of ether oxygens (including phenoxy) is 1. The van der Waals surface area contributed by atoms with Crippen LogP contribution < -0.4 is 4.74 Å². The number of alkyl halides is 5. The molecule has 0 aliphatic heterocycles. The number of hydrogen-bond donors (Lipinski definition) is 0. The molecule has 0 spiro atoms. The topological polar surface area (TPSA) is 35.0 Å². The lowest BCUT2D eigenvalue weighted by atomic mass is 10.3. The van der Waals surface area contributed by atoms with Crippen LogP contribution in [0, 0.1) is 0 Å². The van der Waals surface area contributed by atoms with Gasteiger partial charge in [-0.15, -0.1) is 0 Å². The highest BCUT2D eigenvalue weighted by Gasteiger charge is 2.58. The van der Waals surface area contributed by atoms with Gasteiger partial charge in [0.1, 0.15) is 10.8 Å². The minimum Gasteiger partial charge on any atom is -0.470 e. The van der Waals surface area contributed by atoms with E-state index in [9.17, 15) is 22.0 Å². The van der Waals surface area contributed by atoms with E-state index in [0.717, 1.165) is 6.33 Å². The molecule has 17 heavy (non-hydrogen) atoms. The van der Waals surface area contributed by atoms with E-state index in [1.807, 2.05) is 0 Å². The van der Waals surface area contributed by atoms with Gasteiger partial charge < -0.3 is 4.74 Å². The van der Waals surface area contributed by atoms with Gasteiger partial charge in [-0.2, -0.15) is 22.0 Å². The maximum Gasteiger partial charge on any atom is 0.456 e. The first-order valence-electron chi connectivity index (χ1n) is 3.88. The van der Waals surface area contributed by atoms with E-state index < -0.39 is 24.6 Å². The number of aromatic nitrogens is 2. The fraction of sp³-hybridized carbons (Fsp3) is 0.429. The van der Waals surface area contributed by atoms with Crippen LogP contribution in [-0.4, -0.2) is 28.7 Å². The molecule has 0 fully saturated rings. The van der Waals surface area contributed by atoms with Crippen LogP contribution in [0.15, 0.2) is 10.8 Å². The molecular formula is C7H3BrClF5N2O. The Labute approximate surface area is 105 Å². The minimum atomic E-state index is -5.68. The molecule has 0 unspecified atom stereocenters. The van der Waals surface area contributed by atoms with Crippen molar-refractivity contribution in [1.82, 2.24) is 9.97 Å². The highest BCUT2D eigenvalue weighted by molar-refractivity contribution is 9.10. The van der Waals surface area contributed by atoms with Gasteiger partial charge in [0, 0.05) is 0 Å². The third-order valence-corrected chi connectivity index (χ3v) is 2.75. The summed E-state index contributed by atoms with van der Waals surface area (Å²) in [5.74, 6) is -5.46. The Morgan fingerprint density at radius 2 is 1.82 bits per heavy atom. The molecular weight excluding hydrogens is 338 g/mol. The van der Waals surface area contributed by atoms with Gasteiger partial charge in [-0.1, -0.05) is 11.6 Å². The van der Waals surface area contributed by atoms with Gasteiger partial charge in [-0.25, -0.2) is 9.97 Å². The van der Waals surface area contributed by atoms with Crippen molar-refractivity contribution in [2.24, 2.45) is 0 Å². The maximum absolute atomic E-state index is 12.5. The molecule has 10 heteroatoms. The Hall–Kier alpha value is -0.700. The number of halogens is 7. The van der Waals surface area contributed by atoms with Crippen molar-refractivity contribution in [3.63, 3.8) is 0 Å². The molecule has 1 aromatic rings. The summed E-state index contributed by atoms with van der Waals surface area (Å²) in [5.41, 5.74) is 0. The lowest BCUT2D eigenvalue weighted by Crippen LogP contribution is -2.41. The van der Waals surface area contributed by atoms with Crippen molar-refractivity contribution >= 4 is 27.5 Å². The molecule has 0 aromatic carbocycles. The first-order chi connectivity index (χ1) is 7.65. The van der Waals surface area contributed by atoms with Crippen LogP contribution in [0.4, 0.5) is 22.0 Å². The number of rotatable bonds is 3. The number of nitrogens with zero attached hydrogens (tertiary/aromatic N) is 2. The summed E-state index contributed by atoms with van der Waals surface area (Å²) < 4.78 is 64.6. The van der Waals surface area contributed by atoms with E-state index in [2.05, 4.69) is 30.6 Å². The molecule has 0 bridgehead atoms. The molecule has 1 rings (SSSR count). The van der Waals surface area contributed by atoms with Gasteiger partial charge in [0.15, 0.2) is 11.8 Å². The Balaban J connectivity index is 2.78. The van der Waals surface area contributed by atoms with E-state index in [0.29, 0.717) is 0 Å². The summed E-state index contributed by atoms with van der Waals surface area (Å²) in [5, 5.41) is -0.162. The molecule has 0 saturated heterocycles. The summed E-state index contributed by atoms with van der Waals surface area (Å²) in [4.78, 5) is 6.81. The minimum absolute atomic E-state index is 0.0976. The predicted octanol–water partition coefficient (Wildman–Crippen LogP) is 3.47. The third kappa shape index (κ3) is 3.38. The molecule has 0 amide bonds. The Morgan fingerprint density at radius 3 is 2.35 bits per heavy atom. The van der Waals surface area contributed by atoms with Crippen molar-refractivity contribution in [1.29, 1.82) is 0 Å². The second-order valence-electron chi connectivity index (χ2n) is 2.77. The van der Waals surface area contributed by atoms with Gasteiger partial charge in [-0.3, -0.25) is 0 Å². The lowest BCUT2D eigenvalue weighted by molar-refractivity contribution is -0.290. The average Bonchev–Trinajstić information content (AvgIpc) is 2.18. The third-order valence-electron chi connectivity index (χ3n) is 1.52. The zero-order chi connectivity index (χ0) is 13.3. The molecule has 96 valence electrons. The van der Waals surface area contributed by atoms with Crippen molar-refractivity contribution < 1.29 is 26.7 Å². The van der Waals surface area contributed by atoms with Gasteiger partial charge >= 0.3 is 12.1 Å². The van der Waals surface area contributed by atoms with E-state index in [-0.39, 0.29) is 9.63 Å². The molecule has 1 heterocycles. The van der Waals surface area contributed by atoms with Gasteiger partial charge in [0.25, 0.3) is 0 Å². The summed E-state index contributed by atoms with van der Waals surface area (Å²) in [6.45, 7) is -1.89. The largest absolute Gasteiger partial charge is 0.470 e. The molecule has 0 atom stereocenters. The summed E-state index contributed by atoms with van der Waals surface area (Å²) >= 11 is 8.26. The fourth-order valence-electron chi connectivity index (χ4n) is 0.675. The first-order valence-corrected chi connectivity index (χ1v) is 5.05. The molecule has 0 N–H and O–H groups in total. The first kappa shape index (κ1) is 14.4. The van der Waals surface area contributed by atoms with Gasteiger partial charge in [-0.05, 0) is 15.9 Å². The Bertz CT molecular complexity index is 414. The van der Waals surface area contributed by atoms with Crippen LogP contribution in [0.1, 0.15) is 0 Å². The average molecular weight is 341 g/mol. The van der Waals surface area contributed by atoms with E-state index >= 15 is 0 Å². The van der Waals surface area contributed by atoms with Crippen molar-refractivity contribution in [2.45, 2.75) is 12.1 Å². The van der Waals surface area contributed by atoms with E-state index in [1.54, 1.807) is 0 Å². The van der Waals surface area contributed by atoms with E-state index in [4.69, 9.17) is 11.6 Å². The van der Waals surface area contributed by atoms with Crippen molar-refractivity contribution in [3.8, 4) is 5.88 Å².